The summed E-state index contributed by atoms with van der Waals surface area (Å²) in [6.07, 6.45) is 0. The summed E-state index contributed by atoms with van der Waals surface area (Å²) in [7, 11) is 1.89. The molecule has 0 fully saturated rings. The highest BCUT2D eigenvalue weighted by atomic mass is 32.2. The minimum absolute atomic E-state index is 0.347. The number of rotatable bonds is 2. The van der Waals surface area contributed by atoms with Crippen LogP contribution in [0.4, 0.5) is 5.82 Å². The van der Waals surface area contributed by atoms with Crippen molar-refractivity contribution in [1.29, 1.82) is 0 Å². The van der Waals surface area contributed by atoms with E-state index in [2.05, 4.69) is 10.3 Å². The fourth-order valence-electron chi connectivity index (χ4n) is 2.47. The van der Waals surface area contributed by atoms with Crippen LogP contribution in [-0.4, -0.2) is 22.1 Å². The number of benzene rings is 1. The summed E-state index contributed by atoms with van der Waals surface area (Å²) in [4.78, 5) is 9.32. The molecule has 1 aliphatic heterocycles. The van der Waals surface area contributed by atoms with Crippen LogP contribution in [0, 0.1) is 13.8 Å². The van der Waals surface area contributed by atoms with E-state index in [0.29, 0.717) is 5.75 Å². The van der Waals surface area contributed by atoms with Gasteiger partial charge in [0.1, 0.15) is 11.6 Å². The van der Waals surface area contributed by atoms with Gasteiger partial charge in [0.25, 0.3) is 0 Å². The number of aryl methyl sites for hydroxylation is 2. The largest absolute Gasteiger partial charge is 0.507 e. The average molecular weight is 287 g/mol. The van der Waals surface area contributed by atoms with Crippen LogP contribution in [0.15, 0.2) is 12.1 Å². The molecule has 0 saturated heterocycles. The molecule has 3 rings (SSSR count). The highest BCUT2D eigenvalue weighted by Crippen LogP contribution is 2.35. The monoisotopic (exact) mass is 287 g/mol. The third kappa shape index (κ3) is 2.12. The standard InChI is InChI=1S/C15H17N3OS/c1-8-4-10(5-9(2)13(8)19)14-17-12-7-20-6-11(12)15(16-3)18-14/h4-5,19H,6-7H2,1-3H3,(H,16,17,18). The Morgan fingerprint density at radius 2 is 1.85 bits per heavy atom. The molecule has 2 heterocycles. The number of hydrogen-bond acceptors (Lipinski definition) is 5. The SMILES string of the molecule is CNc1nc(-c2cc(C)c(O)c(C)c2)nc2c1CSC2. The van der Waals surface area contributed by atoms with E-state index in [9.17, 15) is 5.11 Å². The van der Waals surface area contributed by atoms with E-state index in [-0.39, 0.29) is 0 Å². The Morgan fingerprint density at radius 3 is 2.50 bits per heavy atom. The first-order chi connectivity index (χ1) is 9.60. The van der Waals surface area contributed by atoms with Gasteiger partial charge in [-0.2, -0.15) is 11.8 Å². The van der Waals surface area contributed by atoms with E-state index in [1.54, 1.807) is 0 Å². The third-order valence-corrected chi connectivity index (χ3v) is 4.53. The molecule has 2 N–H and O–H groups in total. The van der Waals surface area contributed by atoms with Gasteiger partial charge in [-0.05, 0) is 37.1 Å². The molecule has 0 atom stereocenters. The van der Waals surface area contributed by atoms with Crippen LogP contribution in [0.25, 0.3) is 11.4 Å². The second-order valence-corrected chi connectivity index (χ2v) is 6.01. The summed E-state index contributed by atoms with van der Waals surface area (Å²) in [5, 5.41) is 13.0. The summed E-state index contributed by atoms with van der Waals surface area (Å²) in [6, 6.07) is 3.87. The van der Waals surface area contributed by atoms with E-state index >= 15 is 0 Å². The van der Waals surface area contributed by atoms with Gasteiger partial charge in [0.15, 0.2) is 5.82 Å². The van der Waals surface area contributed by atoms with Gasteiger partial charge in [-0.15, -0.1) is 0 Å². The Bertz CT molecular complexity index is 662. The van der Waals surface area contributed by atoms with Crippen molar-refractivity contribution in [3.05, 3.63) is 34.5 Å². The Kier molecular flexibility index (Phi) is 3.30. The Morgan fingerprint density at radius 1 is 1.15 bits per heavy atom. The summed E-state index contributed by atoms with van der Waals surface area (Å²) >= 11 is 1.86. The number of nitrogens with zero attached hydrogens (tertiary/aromatic N) is 2. The van der Waals surface area contributed by atoms with Crippen molar-refractivity contribution in [3.8, 4) is 17.1 Å². The fourth-order valence-corrected chi connectivity index (χ4v) is 3.51. The lowest BCUT2D eigenvalue weighted by Crippen LogP contribution is -2.03. The zero-order valence-electron chi connectivity index (χ0n) is 11.8. The molecule has 1 aromatic carbocycles. The number of aromatic hydroxyl groups is 1. The zero-order valence-corrected chi connectivity index (χ0v) is 12.6. The van der Waals surface area contributed by atoms with Crippen molar-refractivity contribution in [2.24, 2.45) is 0 Å². The Balaban J connectivity index is 2.16. The van der Waals surface area contributed by atoms with Gasteiger partial charge >= 0.3 is 0 Å². The van der Waals surface area contributed by atoms with Gasteiger partial charge in [0.05, 0.1) is 5.69 Å². The molecular formula is C15H17N3OS. The lowest BCUT2D eigenvalue weighted by atomic mass is 10.0. The number of fused-ring (bicyclic) bond motifs is 1. The van der Waals surface area contributed by atoms with Crippen LogP contribution in [0.1, 0.15) is 22.4 Å². The highest BCUT2D eigenvalue weighted by molar-refractivity contribution is 7.98. The molecular weight excluding hydrogens is 270 g/mol. The summed E-state index contributed by atoms with van der Waals surface area (Å²) in [5.74, 6) is 3.90. The second-order valence-electron chi connectivity index (χ2n) is 5.02. The molecule has 0 amide bonds. The van der Waals surface area contributed by atoms with Gasteiger partial charge in [0.2, 0.25) is 0 Å². The molecule has 0 spiro atoms. The van der Waals surface area contributed by atoms with Crippen LogP contribution < -0.4 is 5.32 Å². The molecule has 0 bridgehead atoms. The Labute approximate surface area is 122 Å². The number of phenolic OH excluding ortho intramolecular Hbond substituents is 1. The number of nitrogens with one attached hydrogen (secondary N) is 1. The van der Waals surface area contributed by atoms with E-state index in [4.69, 9.17) is 4.98 Å². The van der Waals surface area contributed by atoms with E-state index in [1.807, 2.05) is 44.8 Å². The summed E-state index contributed by atoms with van der Waals surface area (Å²) < 4.78 is 0. The van der Waals surface area contributed by atoms with Gasteiger partial charge in [-0.3, -0.25) is 0 Å². The predicted molar refractivity (Wildman–Crippen MR) is 83.2 cm³/mol. The smallest absolute Gasteiger partial charge is 0.161 e. The molecule has 4 nitrogen and oxygen atoms in total. The first kappa shape index (κ1) is 13.2. The molecule has 0 radical (unpaired) electrons. The highest BCUT2D eigenvalue weighted by Gasteiger charge is 2.20. The average Bonchev–Trinajstić information content (AvgIpc) is 2.91. The predicted octanol–water partition coefficient (Wildman–Crippen LogP) is 3.25. The topological polar surface area (TPSA) is 58.0 Å². The number of phenols is 1. The van der Waals surface area contributed by atoms with Crippen molar-refractivity contribution in [2.45, 2.75) is 25.4 Å². The van der Waals surface area contributed by atoms with E-state index in [0.717, 1.165) is 45.5 Å². The van der Waals surface area contributed by atoms with Crippen LogP contribution in [-0.2, 0) is 11.5 Å². The molecule has 5 heteroatoms. The van der Waals surface area contributed by atoms with E-state index < -0.39 is 0 Å². The number of aromatic nitrogens is 2. The summed E-state index contributed by atoms with van der Waals surface area (Å²) in [5.41, 5.74) is 4.99. The molecule has 0 unspecified atom stereocenters. The van der Waals surface area contributed by atoms with Crippen molar-refractivity contribution in [2.75, 3.05) is 12.4 Å². The van der Waals surface area contributed by atoms with Gasteiger partial charge in [0, 0.05) is 29.7 Å². The van der Waals surface area contributed by atoms with Gasteiger partial charge in [-0.25, -0.2) is 9.97 Å². The maximum absolute atomic E-state index is 9.88. The van der Waals surface area contributed by atoms with Gasteiger partial charge < -0.3 is 10.4 Å². The van der Waals surface area contributed by atoms with E-state index in [1.165, 1.54) is 5.56 Å². The number of hydrogen-bond donors (Lipinski definition) is 2. The van der Waals surface area contributed by atoms with Crippen LogP contribution in [0.5, 0.6) is 5.75 Å². The van der Waals surface area contributed by atoms with Crippen LogP contribution >= 0.6 is 11.8 Å². The molecule has 1 aliphatic rings. The fraction of sp³-hybridized carbons (Fsp3) is 0.333. The minimum atomic E-state index is 0.347. The van der Waals surface area contributed by atoms with Crippen molar-refractivity contribution in [3.63, 3.8) is 0 Å². The Hall–Kier alpha value is -1.75. The maximum atomic E-state index is 9.88. The summed E-state index contributed by atoms with van der Waals surface area (Å²) in [6.45, 7) is 3.79. The molecule has 104 valence electrons. The third-order valence-electron chi connectivity index (χ3n) is 3.56. The molecule has 2 aromatic rings. The molecule has 0 saturated carbocycles. The first-order valence-electron chi connectivity index (χ1n) is 6.56. The zero-order chi connectivity index (χ0) is 14.3. The molecule has 1 aromatic heterocycles. The lowest BCUT2D eigenvalue weighted by molar-refractivity contribution is 0.467. The van der Waals surface area contributed by atoms with Crippen LogP contribution in [0.2, 0.25) is 0 Å². The number of thioether (sulfide) groups is 1. The second kappa shape index (κ2) is 4.98. The molecule has 0 aliphatic carbocycles. The lowest BCUT2D eigenvalue weighted by Gasteiger charge is -2.11. The van der Waals surface area contributed by atoms with Gasteiger partial charge in [-0.1, -0.05) is 0 Å². The maximum Gasteiger partial charge on any atom is 0.161 e. The van der Waals surface area contributed by atoms with Crippen molar-refractivity contribution < 1.29 is 5.11 Å². The minimum Gasteiger partial charge on any atom is -0.507 e. The quantitative estimate of drug-likeness (QED) is 0.888. The van der Waals surface area contributed by atoms with Crippen molar-refractivity contribution >= 4 is 17.6 Å². The van der Waals surface area contributed by atoms with Crippen molar-refractivity contribution in [1.82, 2.24) is 9.97 Å². The number of anilines is 1. The first-order valence-corrected chi connectivity index (χ1v) is 7.71. The molecule has 20 heavy (non-hydrogen) atoms. The van der Waals surface area contributed by atoms with Crippen LogP contribution in [0.3, 0.4) is 0 Å². The normalized spacial score (nSPS) is 13.3.